The molecule has 0 fully saturated rings. The van der Waals surface area contributed by atoms with Gasteiger partial charge in [0.2, 0.25) is 5.75 Å². The number of allylic oxidation sites excluding steroid dienone is 1. The smallest absolute Gasteiger partial charge is 0.250 e. The molecule has 0 saturated heterocycles. The highest BCUT2D eigenvalue weighted by atomic mass is 35.5. The number of rotatable bonds is 8. The molecule has 0 aliphatic rings. The van der Waals surface area contributed by atoms with Crippen LogP contribution in [0.25, 0.3) is 0 Å². The fourth-order valence-electron chi connectivity index (χ4n) is 2.74. The van der Waals surface area contributed by atoms with E-state index in [0.29, 0.717) is 40.3 Å². The van der Waals surface area contributed by atoms with Crippen molar-refractivity contribution in [1.29, 1.82) is 0 Å². The zero-order valence-corrected chi connectivity index (χ0v) is 17.4. The molecule has 2 aromatic carbocycles. The van der Waals surface area contributed by atoms with Gasteiger partial charge >= 0.3 is 0 Å². The molecule has 0 unspecified atom stereocenters. The second kappa shape index (κ2) is 9.90. The molecule has 0 spiro atoms. The lowest BCUT2D eigenvalue weighted by molar-refractivity contribution is -0.114. The molecular formula is C21H24ClNO5. The number of hydrogen-bond donors (Lipinski definition) is 0. The topological polar surface area (TPSA) is 57.2 Å². The summed E-state index contributed by atoms with van der Waals surface area (Å²) in [4.78, 5) is 14.4. The van der Waals surface area contributed by atoms with Gasteiger partial charge in [-0.1, -0.05) is 23.7 Å². The highest BCUT2D eigenvalue weighted by molar-refractivity contribution is 6.32. The van der Waals surface area contributed by atoms with E-state index in [1.807, 2.05) is 6.07 Å². The van der Waals surface area contributed by atoms with E-state index in [9.17, 15) is 4.79 Å². The van der Waals surface area contributed by atoms with Gasteiger partial charge in [0, 0.05) is 12.1 Å². The van der Waals surface area contributed by atoms with E-state index in [1.165, 1.54) is 27.4 Å². The molecule has 0 radical (unpaired) electrons. The SMILES string of the molecule is C/C=C/C(=O)N(Cc1ccc(OC)c(Cl)c1)c1cc(OC)c(OC)c(OC)c1. The van der Waals surface area contributed by atoms with Crippen LogP contribution in [-0.2, 0) is 11.3 Å². The van der Waals surface area contributed by atoms with Crippen molar-refractivity contribution >= 4 is 23.2 Å². The maximum Gasteiger partial charge on any atom is 0.250 e. The Morgan fingerprint density at radius 3 is 2.04 bits per heavy atom. The first kappa shape index (κ1) is 21.4. The Labute approximate surface area is 170 Å². The summed E-state index contributed by atoms with van der Waals surface area (Å²) in [6.07, 6.45) is 3.18. The van der Waals surface area contributed by atoms with Crippen molar-refractivity contribution in [2.24, 2.45) is 0 Å². The Morgan fingerprint density at radius 1 is 0.964 bits per heavy atom. The second-order valence-corrected chi connectivity index (χ2v) is 6.18. The minimum atomic E-state index is -0.191. The first-order chi connectivity index (χ1) is 13.5. The van der Waals surface area contributed by atoms with Crippen LogP contribution in [0.15, 0.2) is 42.5 Å². The molecule has 0 atom stereocenters. The fraction of sp³-hybridized carbons (Fsp3) is 0.286. The van der Waals surface area contributed by atoms with Crippen LogP contribution in [0.4, 0.5) is 5.69 Å². The lowest BCUT2D eigenvalue weighted by atomic mass is 10.1. The minimum Gasteiger partial charge on any atom is -0.495 e. The summed E-state index contributed by atoms with van der Waals surface area (Å²) in [6, 6.07) is 8.86. The summed E-state index contributed by atoms with van der Waals surface area (Å²) in [6.45, 7) is 2.08. The van der Waals surface area contributed by atoms with Crippen LogP contribution in [0.2, 0.25) is 5.02 Å². The number of methoxy groups -OCH3 is 4. The number of amides is 1. The lowest BCUT2D eigenvalue weighted by Gasteiger charge is -2.24. The monoisotopic (exact) mass is 405 g/mol. The molecule has 6 nitrogen and oxygen atoms in total. The molecule has 1 amide bonds. The summed E-state index contributed by atoms with van der Waals surface area (Å²) in [5.41, 5.74) is 1.45. The lowest BCUT2D eigenvalue weighted by Crippen LogP contribution is -2.28. The van der Waals surface area contributed by atoms with Crippen LogP contribution in [0.5, 0.6) is 23.0 Å². The Balaban J connectivity index is 2.52. The number of hydrogen-bond acceptors (Lipinski definition) is 5. The van der Waals surface area contributed by atoms with Crippen LogP contribution in [0.3, 0.4) is 0 Å². The minimum absolute atomic E-state index is 0.191. The van der Waals surface area contributed by atoms with Gasteiger partial charge < -0.3 is 23.8 Å². The number of anilines is 1. The molecule has 0 bridgehead atoms. The molecule has 28 heavy (non-hydrogen) atoms. The van der Waals surface area contributed by atoms with Crippen LogP contribution in [0.1, 0.15) is 12.5 Å². The highest BCUT2D eigenvalue weighted by Gasteiger charge is 2.20. The number of ether oxygens (including phenoxy) is 4. The van der Waals surface area contributed by atoms with Crippen molar-refractivity contribution in [3.05, 3.63) is 53.1 Å². The van der Waals surface area contributed by atoms with Gasteiger partial charge in [-0.2, -0.15) is 0 Å². The van der Waals surface area contributed by atoms with E-state index >= 15 is 0 Å². The molecule has 0 aliphatic carbocycles. The van der Waals surface area contributed by atoms with E-state index in [0.717, 1.165) is 5.56 Å². The number of carbonyl (C=O) groups is 1. The van der Waals surface area contributed by atoms with Gasteiger partial charge in [0.1, 0.15) is 5.75 Å². The summed E-state index contributed by atoms with van der Waals surface area (Å²) >= 11 is 6.24. The van der Waals surface area contributed by atoms with Crippen molar-refractivity contribution in [2.75, 3.05) is 33.3 Å². The third-order valence-electron chi connectivity index (χ3n) is 4.09. The van der Waals surface area contributed by atoms with Crippen molar-refractivity contribution in [3.63, 3.8) is 0 Å². The highest BCUT2D eigenvalue weighted by Crippen LogP contribution is 2.41. The van der Waals surface area contributed by atoms with E-state index in [2.05, 4.69) is 0 Å². The molecule has 150 valence electrons. The largest absolute Gasteiger partial charge is 0.495 e. The van der Waals surface area contributed by atoms with Crippen LogP contribution in [-0.4, -0.2) is 34.3 Å². The van der Waals surface area contributed by atoms with Gasteiger partial charge in [-0.25, -0.2) is 0 Å². The summed E-state index contributed by atoms with van der Waals surface area (Å²) in [5.74, 6) is 1.76. The standard InChI is InChI=1S/C21H24ClNO5/c1-6-7-20(24)23(13-14-8-9-17(25-2)16(22)10-14)15-11-18(26-3)21(28-5)19(12-15)27-4/h6-12H,13H2,1-5H3/b7-6+. The van der Waals surface area contributed by atoms with Gasteiger partial charge in [-0.15, -0.1) is 0 Å². The van der Waals surface area contributed by atoms with E-state index in [4.69, 9.17) is 30.5 Å². The second-order valence-electron chi connectivity index (χ2n) is 5.78. The third-order valence-corrected chi connectivity index (χ3v) is 4.39. The Morgan fingerprint density at radius 2 is 1.57 bits per heavy atom. The Bertz CT molecular complexity index is 841. The molecule has 0 aliphatic heterocycles. The first-order valence-electron chi connectivity index (χ1n) is 8.55. The molecular weight excluding hydrogens is 382 g/mol. The maximum atomic E-state index is 12.8. The van der Waals surface area contributed by atoms with Gasteiger partial charge in [0.15, 0.2) is 11.5 Å². The number of carbonyl (C=O) groups excluding carboxylic acids is 1. The third kappa shape index (κ3) is 4.70. The Hall–Kier alpha value is -2.86. The zero-order valence-electron chi connectivity index (χ0n) is 16.6. The van der Waals surface area contributed by atoms with Crippen molar-refractivity contribution < 1.29 is 23.7 Å². The van der Waals surface area contributed by atoms with E-state index < -0.39 is 0 Å². The van der Waals surface area contributed by atoms with Crippen molar-refractivity contribution in [1.82, 2.24) is 0 Å². The predicted octanol–water partition coefficient (Wildman–Crippen LogP) is 4.48. The quantitative estimate of drug-likeness (QED) is 0.606. The average Bonchev–Trinajstić information content (AvgIpc) is 2.71. The number of benzene rings is 2. The average molecular weight is 406 g/mol. The maximum absolute atomic E-state index is 12.8. The predicted molar refractivity (Wildman–Crippen MR) is 110 cm³/mol. The normalized spacial score (nSPS) is 10.6. The summed E-state index contributed by atoms with van der Waals surface area (Å²) in [5, 5.41) is 0.475. The van der Waals surface area contributed by atoms with Crippen LogP contribution in [0, 0.1) is 0 Å². The van der Waals surface area contributed by atoms with Gasteiger partial charge in [0.25, 0.3) is 5.91 Å². The molecule has 0 heterocycles. The molecule has 7 heteroatoms. The molecule has 2 rings (SSSR count). The summed E-state index contributed by atoms with van der Waals surface area (Å²) in [7, 11) is 6.14. The van der Waals surface area contributed by atoms with Crippen molar-refractivity contribution in [2.45, 2.75) is 13.5 Å². The van der Waals surface area contributed by atoms with Gasteiger partial charge in [0.05, 0.1) is 45.7 Å². The Kier molecular flexibility index (Phi) is 7.58. The van der Waals surface area contributed by atoms with E-state index in [-0.39, 0.29) is 5.91 Å². The molecule has 0 aromatic heterocycles. The van der Waals surface area contributed by atoms with Gasteiger partial charge in [-0.05, 0) is 30.7 Å². The molecule has 2 aromatic rings. The summed E-state index contributed by atoms with van der Waals surface area (Å²) < 4.78 is 21.4. The number of halogens is 1. The van der Waals surface area contributed by atoms with Crippen LogP contribution >= 0.6 is 11.6 Å². The van der Waals surface area contributed by atoms with E-state index in [1.54, 1.807) is 49.3 Å². The zero-order chi connectivity index (χ0) is 20.7. The van der Waals surface area contributed by atoms with Gasteiger partial charge in [-0.3, -0.25) is 4.79 Å². The first-order valence-corrected chi connectivity index (χ1v) is 8.93. The molecule has 0 N–H and O–H groups in total. The molecule has 0 saturated carbocycles. The van der Waals surface area contributed by atoms with Crippen LogP contribution < -0.4 is 23.8 Å². The van der Waals surface area contributed by atoms with Crippen molar-refractivity contribution in [3.8, 4) is 23.0 Å². The fourth-order valence-corrected chi connectivity index (χ4v) is 3.02. The number of nitrogens with zero attached hydrogens (tertiary/aromatic N) is 1.